The molecular weight excluding hydrogens is 415 g/mol. The molecule has 2 N–H and O–H groups in total. The molecular formula is C21H31FN8O2. The van der Waals surface area contributed by atoms with Crippen LogP contribution in [-0.4, -0.2) is 74.4 Å². The largest absolute Gasteiger partial charge is 0.464 e. The number of fused-ring (bicyclic) bond motifs is 1. The van der Waals surface area contributed by atoms with Crippen molar-refractivity contribution >= 4 is 17.7 Å². The Morgan fingerprint density at radius 1 is 1.28 bits per heavy atom. The number of aromatic nitrogens is 4. The van der Waals surface area contributed by atoms with Gasteiger partial charge in [0.25, 0.3) is 0 Å². The van der Waals surface area contributed by atoms with Crippen molar-refractivity contribution < 1.29 is 13.9 Å². The van der Waals surface area contributed by atoms with Crippen LogP contribution >= 0.6 is 0 Å². The Morgan fingerprint density at radius 2 is 2.03 bits per heavy atom. The molecule has 0 bridgehead atoms. The van der Waals surface area contributed by atoms with Crippen LogP contribution in [0, 0.1) is 5.82 Å². The lowest BCUT2D eigenvalue weighted by molar-refractivity contribution is 0.0579. The van der Waals surface area contributed by atoms with Crippen molar-refractivity contribution in [2.75, 3.05) is 38.6 Å². The third-order valence-corrected chi connectivity index (χ3v) is 6.02. The van der Waals surface area contributed by atoms with Crippen molar-refractivity contribution in [1.82, 2.24) is 34.9 Å². The summed E-state index contributed by atoms with van der Waals surface area (Å²) in [7, 11) is 2.05. The predicted molar refractivity (Wildman–Crippen MR) is 118 cm³/mol. The van der Waals surface area contributed by atoms with Crippen LogP contribution in [0.3, 0.4) is 0 Å². The molecule has 4 rings (SSSR count). The molecule has 10 nitrogen and oxygen atoms in total. The highest BCUT2D eigenvalue weighted by Gasteiger charge is 2.42. The Balaban J connectivity index is 1.73. The first-order valence-corrected chi connectivity index (χ1v) is 10.8. The summed E-state index contributed by atoms with van der Waals surface area (Å²) >= 11 is 0. The van der Waals surface area contributed by atoms with Crippen molar-refractivity contribution in [1.29, 1.82) is 0 Å². The van der Waals surface area contributed by atoms with Crippen molar-refractivity contribution in [3.8, 4) is 6.01 Å². The zero-order valence-electron chi connectivity index (χ0n) is 19.5. The maximum absolute atomic E-state index is 14.4. The first-order valence-electron chi connectivity index (χ1n) is 10.8. The van der Waals surface area contributed by atoms with Gasteiger partial charge in [0, 0.05) is 31.7 Å². The van der Waals surface area contributed by atoms with Gasteiger partial charge in [-0.05, 0) is 41.7 Å². The van der Waals surface area contributed by atoms with Gasteiger partial charge < -0.3 is 25.2 Å². The Kier molecular flexibility index (Phi) is 5.58. The normalized spacial score (nSPS) is 19.7. The lowest BCUT2D eigenvalue weighted by atomic mass is 9.99. The van der Waals surface area contributed by atoms with E-state index in [4.69, 9.17) is 4.74 Å². The molecule has 0 unspecified atom stereocenters. The van der Waals surface area contributed by atoms with Gasteiger partial charge in [0.1, 0.15) is 0 Å². The molecule has 1 amide bonds. The van der Waals surface area contributed by atoms with E-state index in [0.29, 0.717) is 25.5 Å². The minimum absolute atomic E-state index is 0.0482. The van der Waals surface area contributed by atoms with E-state index in [1.165, 1.54) is 4.68 Å². The van der Waals surface area contributed by atoms with Crippen LogP contribution in [0.25, 0.3) is 0 Å². The van der Waals surface area contributed by atoms with Crippen LogP contribution < -0.4 is 15.4 Å². The third kappa shape index (κ3) is 3.90. The fourth-order valence-corrected chi connectivity index (χ4v) is 4.51. The van der Waals surface area contributed by atoms with Crippen molar-refractivity contribution in [2.24, 2.45) is 0 Å². The van der Waals surface area contributed by atoms with Gasteiger partial charge in [0.2, 0.25) is 0 Å². The zero-order valence-corrected chi connectivity index (χ0v) is 19.5. The summed E-state index contributed by atoms with van der Waals surface area (Å²) in [4.78, 5) is 25.7. The summed E-state index contributed by atoms with van der Waals surface area (Å²) in [5, 5.41) is 11.0. The smallest absolute Gasteiger partial charge is 0.345 e. The number of halogens is 1. The fraction of sp³-hybridized carbons (Fsp3) is 0.619. The number of rotatable bonds is 4. The molecule has 0 aromatic carbocycles. The van der Waals surface area contributed by atoms with Gasteiger partial charge in [0.15, 0.2) is 17.5 Å². The van der Waals surface area contributed by atoms with Gasteiger partial charge in [-0.15, -0.1) is 5.10 Å². The van der Waals surface area contributed by atoms with Crippen molar-refractivity contribution in [3.05, 3.63) is 23.3 Å². The van der Waals surface area contributed by atoms with Crippen LogP contribution in [0.4, 0.5) is 20.8 Å². The minimum atomic E-state index is -0.631. The molecule has 1 fully saturated rings. The van der Waals surface area contributed by atoms with Crippen LogP contribution in [-0.2, 0) is 12.1 Å². The first kappa shape index (κ1) is 22.4. The van der Waals surface area contributed by atoms with E-state index in [1.54, 1.807) is 6.92 Å². The van der Waals surface area contributed by atoms with Crippen molar-refractivity contribution in [3.63, 3.8) is 0 Å². The molecule has 0 radical (unpaired) electrons. The monoisotopic (exact) mass is 446 g/mol. The molecule has 4 heterocycles. The molecule has 2 aromatic heterocycles. The summed E-state index contributed by atoms with van der Waals surface area (Å²) in [6.45, 7) is 12.9. The Bertz CT molecular complexity index is 1040. The zero-order chi connectivity index (χ0) is 23.3. The number of hydrogen-bond acceptors (Lipinski definition) is 8. The second-order valence-electron chi connectivity index (χ2n) is 9.46. The number of amides is 1. The molecule has 0 spiro atoms. The van der Waals surface area contributed by atoms with Gasteiger partial charge in [0.05, 0.1) is 29.6 Å². The van der Waals surface area contributed by atoms with Crippen LogP contribution in [0.15, 0.2) is 6.20 Å². The number of hydrogen-bond donors (Lipinski definition) is 2. The molecule has 1 saturated heterocycles. The van der Waals surface area contributed by atoms with Gasteiger partial charge in [-0.2, -0.15) is 9.67 Å². The minimum Gasteiger partial charge on any atom is -0.464 e. The molecule has 2 aromatic rings. The van der Waals surface area contributed by atoms with Crippen LogP contribution in [0.1, 0.15) is 45.9 Å². The highest BCUT2D eigenvalue weighted by Crippen LogP contribution is 2.37. The van der Waals surface area contributed by atoms with Gasteiger partial charge >= 0.3 is 12.0 Å². The van der Waals surface area contributed by atoms with Gasteiger partial charge in [-0.1, -0.05) is 0 Å². The molecule has 11 heteroatoms. The third-order valence-electron chi connectivity index (χ3n) is 6.02. The number of nitrogens with one attached hydrogen (secondary N) is 2. The Hall–Kier alpha value is -2.79. The number of likely N-dealkylation sites (N-methyl/N-ethyl adjacent to an activating group) is 1. The fourth-order valence-electron chi connectivity index (χ4n) is 4.51. The van der Waals surface area contributed by atoms with Gasteiger partial charge in [-0.25, -0.2) is 14.2 Å². The maximum atomic E-state index is 14.4. The molecule has 2 aliphatic rings. The Labute approximate surface area is 187 Å². The standard InChI is InChI=1S/C21H31FN8O2/c1-7-32-18-23-11-14(22)17(26-18)25-16-13-10-24-21(4,5)15(13)30(27-16)19(31)29-9-8-28(6)12-20(29,2)3/h11,24H,7-10,12H2,1-6H3,(H,23,25,26,27). The summed E-state index contributed by atoms with van der Waals surface area (Å²) < 4.78 is 21.2. The lowest BCUT2D eigenvalue weighted by Crippen LogP contribution is -2.61. The number of piperazine rings is 1. The SMILES string of the molecule is CCOc1ncc(F)c(Nc2nn(C(=O)N3CCN(C)CC3(C)C)c3c2CNC3(C)C)n1. The molecule has 174 valence electrons. The summed E-state index contributed by atoms with van der Waals surface area (Å²) in [5.74, 6) is -0.292. The lowest BCUT2D eigenvalue weighted by Gasteiger charge is -2.45. The van der Waals surface area contributed by atoms with Gasteiger partial charge in [-0.3, -0.25) is 0 Å². The Morgan fingerprint density at radius 3 is 2.72 bits per heavy atom. The number of carbonyl (C=O) groups excluding carboxylic acids is 1. The number of ether oxygens (including phenoxy) is 1. The maximum Gasteiger partial charge on any atom is 0.345 e. The van der Waals surface area contributed by atoms with Crippen LogP contribution in [0.2, 0.25) is 0 Å². The average Bonchev–Trinajstić information content (AvgIpc) is 3.22. The molecule has 0 saturated carbocycles. The van der Waals surface area contributed by atoms with E-state index in [-0.39, 0.29) is 23.4 Å². The number of anilines is 2. The number of carbonyl (C=O) groups is 1. The molecule has 2 aliphatic heterocycles. The summed E-state index contributed by atoms with van der Waals surface area (Å²) in [6, 6.07) is -0.122. The second-order valence-corrected chi connectivity index (χ2v) is 9.46. The average molecular weight is 447 g/mol. The van der Waals surface area contributed by atoms with E-state index in [9.17, 15) is 9.18 Å². The highest BCUT2D eigenvalue weighted by atomic mass is 19.1. The molecule has 0 aliphatic carbocycles. The van der Waals surface area contributed by atoms with Crippen LogP contribution in [0.5, 0.6) is 6.01 Å². The topological polar surface area (TPSA) is 100 Å². The van der Waals surface area contributed by atoms with E-state index < -0.39 is 11.4 Å². The summed E-state index contributed by atoms with van der Waals surface area (Å²) in [5.41, 5.74) is 0.748. The number of nitrogens with zero attached hydrogens (tertiary/aromatic N) is 6. The van der Waals surface area contributed by atoms with E-state index in [2.05, 4.69) is 51.5 Å². The highest BCUT2D eigenvalue weighted by molar-refractivity contribution is 5.80. The van der Waals surface area contributed by atoms with E-state index in [1.807, 2.05) is 18.7 Å². The van der Waals surface area contributed by atoms with Crippen molar-refractivity contribution in [2.45, 2.75) is 52.2 Å². The molecule has 32 heavy (non-hydrogen) atoms. The van der Waals surface area contributed by atoms with E-state index >= 15 is 0 Å². The first-order chi connectivity index (χ1) is 15.0. The second kappa shape index (κ2) is 7.96. The summed E-state index contributed by atoms with van der Waals surface area (Å²) in [6.07, 6.45) is 1.05. The van der Waals surface area contributed by atoms with E-state index in [0.717, 1.165) is 30.5 Å². The quantitative estimate of drug-likeness (QED) is 0.738. The molecule has 0 atom stereocenters. The predicted octanol–water partition coefficient (Wildman–Crippen LogP) is 2.29.